The van der Waals surface area contributed by atoms with Gasteiger partial charge in [0.1, 0.15) is 0 Å². The van der Waals surface area contributed by atoms with E-state index in [9.17, 15) is 13.2 Å². The number of nitrogens with one attached hydrogen (secondary N) is 1. The summed E-state index contributed by atoms with van der Waals surface area (Å²) in [6, 6.07) is 0. The number of unbranched alkanes of at least 4 members (excludes halogenated alkanes) is 1. The number of carbonyl (C=O) groups is 1. The highest BCUT2D eigenvalue weighted by Gasteiger charge is 2.30. The Bertz CT molecular complexity index is 378. The first kappa shape index (κ1) is 16.7. The molecule has 0 spiro atoms. The molecule has 0 radical (unpaired) electrons. The van der Waals surface area contributed by atoms with E-state index in [1.807, 2.05) is 6.26 Å². The number of aliphatic carboxylic acids is 1. The summed E-state index contributed by atoms with van der Waals surface area (Å²) in [4.78, 5) is 10.8. The van der Waals surface area contributed by atoms with E-state index in [0.717, 1.165) is 18.6 Å². The lowest BCUT2D eigenvalue weighted by molar-refractivity contribution is -0.142. The molecular formula is C11H22N2O4S2. The van der Waals surface area contributed by atoms with Gasteiger partial charge in [0.2, 0.25) is 0 Å². The summed E-state index contributed by atoms with van der Waals surface area (Å²) in [5, 5.41) is 8.87. The molecule has 1 aliphatic rings. The van der Waals surface area contributed by atoms with E-state index in [2.05, 4.69) is 4.72 Å². The van der Waals surface area contributed by atoms with Gasteiger partial charge in [-0.05, 0) is 37.7 Å². The third-order valence-electron chi connectivity index (χ3n) is 3.20. The number of rotatable bonds is 8. The zero-order chi connectivity index (χ0) is 14.3. The van der Waals surface area contributed by atoms with Gasteiger partial charge in [0, 0.05) is 19.6 Å². The van der Waals surface area contributed by atoms with Crippen LogP contribution in [0.2, 0.25) is 0 Å². The van der Waals surface area contributed by atoms with Crippen molar-refractivity contribution in [1.29, 1.82) is 0 Å². The van der Waals surface area contributed by atoms with Gasteiger partial charge in [-0.3, -0.25) is 4.79 Å². The first-order valence-electron chi connectivity index (χ1n) is 6.44. The van der Waals surface area contributed by atoms with Crippen molar-refractivity contribution >= 4 is 27.9 Å². The van der Waals surface area contributed by atoms with Gasteiger partial charge in [0.25, 0.3) is 10.2 Å². The SMILES string of the molecule is CSCCCCNS(=O)(=O)N1CCC(C(=O)O)CC1. The molecule has 8 heteroatoms. The van der Waals surface area contributed by atoms with Crippen molar-refractivity contribution in [3.05, 3.63) is 0 Å². The molecule has 0 bridgehead atoms. The first-order chi connectivity index (χ1) is 8.97. The Morgan fingerprint density at radius 2 is 2.00 bits per heavy atom. The third kappa shape index (κ3) is 5.68. The van der Waals surface area contributed by atoms with Gasteiger partial charge >= 0.3 is 5.97 Å². The maximum Gasteiger partial charge on any atom is 0.306 e. The zero-order valence-electron chi connectivity index (χ0n) is 11.2. The second-order valence-corrected chi connectivity index (χ2v) is 7.35. The van der Waals surface area contributed by atoms with E-state index in [1.165, 1.54) is 4.31 Å². The molecule has 0 aromatic heterocycles. The smallest absolute Gasteiger partial charge is 0.306 e. The lowest BCUT2D eigenvalue weighted by atomic mass is 9.99. The molecule has 2 N–H and O–H groups in total. The van der Waals surface area contributed by atoms with Crippen molar-refractivity contribution < 1.29 is 18.3 Å². The lowest BCUT2D eigenvalue weighted by Gasteiger charge is -2.29. The Kier molecular flexibility index (Phi) is 7.12. The summed E-state index contributed by atoms with van der Waals surface area (Å²) in [5.74, 6) is -0.207. The van der Waals surface area contributed by atoms with Crippen molar-refractivity contribution in [1.82, 2.24) is 9.03 Å². The number of hydrogen-bond acceptors (Lipinski definition) is 4. The van der Waals surface area contributed by atoms with Gasteiger partial charge in [-0.25, -0.2) is 4.72 Å². The van der Waals surface area contributed by atoms with Crippen LogP contribution in [0.5, 0.6) is 0 Å². The topological polar surface area (TPSA) is 86.7 Å². The molecule has 0 atom stereocenters. The minimum atomic E-state index is -3.44. The first-order valence-corrected chi connectivity index (χ1v) is 9.27. The summed E-state index contributed by atoms with van der Waals surface area (Å²) < 4.78 is 27.8. The summed E-state index contributed by atoms with van der Waals surface area (Å²) in [6.07, 6.45) is 4.62. The van der Waals surface area contributed by atoms with E-state index in [0.29, 0.717) is 19.4 Å². The summed E-state index contributed by atoms with van der Waals surface area (Å²) in [5.41, 5.74) is 0. The Morgan fingerprint density at radius 3 is 2.53 bits per heavy atom. The van der Waals surface area contributed by atoms with Crippen LogP contribution in [0.25, 0.3) is 0 Å². The maximum absolute atomic E-state index is 12.0. The fourth-order valence-electron chi connectivity index (χ4n) is 2.01. The van der Waals surface area contributed by atoms with Gasteiger partial charge in [0.05, 0.1) is 5.92 Å². The quantitative estimate of drug-likeness (QED) is 0.646. The highest BCUT2D eigenvalue weighted by atomic mass is 32.2. The molecule has 0 aromatic carbocycles. The molecule has 0 aliphatic carbocycles. The molecule has 1 saturated heterocycles. The number of thioether (sulfide) groups is 1. The van der Waals surface area contributed by atoms with E-state index >= 15 is 0 Å². The average Bonchev–Trinajstić information content (AvgIpc) is 2.38. The highest BCUT2D eigenvalue weighted by Crippen LogP contribution is 2.19. The predicted octanol–water partition coefficient (Wildman–Crippen LogP) is 0.761. The Hall–Kier alpha value is -0.310. The molecule has 19 heavy (non-hydrogen) atoms. The normalized spacial score (nSPS) is 18.6. The molecule has 1 fully saturated rings. The second kappa shape index (κ2) is 8.08. The monoisotopic (exact) mass is 310 g/mol. The summed E-state index contributed by atoms with van der Waals surface area (Å²) in [7, 11) is -3.44. The fraction of sp³-hybridized carbons (Fsp3) is 0.909. The molecule has 1 heterocycles. The van der Waals surface area contributed by atoms with Crippen LogP contribution in [0, 0.1) is 5.92 Å². The average molecular weight is 310 g/mol. The van der Waals surface area contributed by atoms with Gasteiger partial charge in [-0.15, -0.1) is 0 Å². The zero-order valence-corrected chi connectivity index (χ0v) is 12.8. The van der Waals surface area contributed by atoms with Gasteiger partial charge < -0.3 is 5.11 Å². The van der Waals surface area contributed by atoms with Crippen LogP contribution >= 0.6 is 11.8 Å². The van der Waals surface area contributed by atoms with E-state index in [4.69, 9.17) is 5.11 Å². The van der Waals surface area contributed by atoms with Gasteiger partial charge in [-0.1, -0.05) is 0 Å². The summed E-state index contributed by atoms with van der Waals surface area (Å²) >= 11 is 1.75. The molecular weight excluding hydrogens is 288 g/mol. The number of carboxylic acids is 1. The van der Waals surface area contributed by atoms with Crippen LogP contribution in [0.1, 0.15) is 25.7 Å². The number of piperidine rings is 1. The molecule has 112 valence electrons. The van der Waals surface area contributed by atoms with E-state index in [1.54, 1.807) is 11.8 Å². The van der Waals surface area contributed by atoms with Crippen LogP contribution in [0.4, 0.5) is 0 Å². The fourth-order valence-corrected chi connectivity index (χ4v) is 3.78. The van der Waals surface area contributed by atoms with Gasteiger partial charge in [-0.2, -0.15) is 24.5 Å². The minimum absolute atomic E-state index is 0.289. The number of hydrogen-bond donors (Lipinski definition) is 2. The largest absolute Gasteiger partial charge is 0.481 e. The maximum atomic E-state index is 12.0. The van der Waals surface area contributed by atoms with Crippen molar-refractivity contribution in [2.75, 3.05) is 31.6 Å². The molecule has 0 amide bonds. The van der Waals surface area contributed by atoms with Crippen molar-refractivity contribution in [3.8, 4) is 0 Å². The molecule has 0 aromatic rings. The Labute approximate surface area is 119 Å². The molecule has 1 aliphatic heterocycles. The molecule has 0 unspecified atom stereocenters. The third-order valence-corrected chi connectivity index (χ3v) is 5.51. The van der Waals surface area contributed by atoms with Crippen LogP contribution in [-0.4, -0.2) is 55.4 Å². The molecule has 0 saturated carbocycles. The minimum Gasteiger partial charge on any atom is -0.481 e. The summed E-state index contributed by atoms with van der Waals surface area (Å²) in [6.45, 7) is 1.02. The highest BCUT2D eigenvalue weighted by molar-refractivity contribution is 7.98. The van der Waals surface area contributed by atoms with Crippen LogP contribution in [0.3, 0.4) is 0 Å². The van der Waals surface area contributed by atoms with Crippen molar-refractivity contribution in [3.63, 3.8) is 0 Å². The van der Waals surface area contributed by atoms with Crippen molar-refractivity contribution in [2.45, 2.75) is 25.7 Å². The number of carboxylic acid groups (broad SMARTS) is 1. The Balaban J connectivity index is 2.32. The standard InChI is InChI=1S/C11H22N2O4S2/c1-18-9-3-2-6-12-19(16,17)13-7-4-10(5-8-13)11(14)15/h10,12H,2-9H2,1H3,(H,14,15). The van der Waals surface area contributed by atoms with Crippen molar-refractivity contribution in [2.24, 2.45) is 5.92 Å². The van der Waals surface area contributed by atoms with E-state index in [-0.39, 0.29) is 13.1 Å². The predicted molar refractivity (Wildman–Crippen MR) is 76.5 cm³/mol. The lowest BCUT2D eigenvalue weighted by Crippen LogP contribution is -2.46. The van der Waals surface area contributed by atoms with Gasteiger partial charge in [0.15, 0.2) is 0 Å². The van der Waals surface area contributed by atoms with E-state index < -0.39 is 22.1 Å². The molecule has 1 rings (SSSR count). The van der Waals surface area contributed by atoms with Crippen LogP contribution in [0.15, 0.2) is 0 Å². The molecule has 6 nitrogen and oxygen atoms in total. The van der Waals surface area contributed by atoms with Crippen LogP contribution in [-0.2, 0) is 15.0 Å². The number of nitrogens with zero attached hydrogens (tertiary/aromatic N) is 1. The van der Waals surface area contributed by atoms with Crippen LogP contribution < -0.4 is 4.72 Å². The second-order valence-electron chi connectivity index (χ2n) is 4.61. The Morgan fingerprint density at radius 1 is 1.37 bits per heavy atom.